The Bertz CT molecular complexity index is 829. The fraction of sp³-hybridized carbons (Fsp3) is 0.550. The summed E-state index contributed by atoms with van der Waals surface area (Å²) in [7, 11) is -2.09. The number of hydrogen-bond donors (Lipinski definition) is 0. The molecule has 0 bridgehead atoms. The van der Waals surface area contributed by atoms with Gasteiger partial charge < -0.3 is 9.64 Å². The molecule has 0 fully saturated rings. The molecular weight excluding hydrogens is 504 g/mol. The summed E-state index contributed by atoms with van der Waals surface area (Å²) in [4.78, 5) is 12.9. The molecule has 34 heavy (non-hydrogen) atoms. The third kappa shape index (κ3) is 7.20. The van der Waals surface area contributed by atoms with Gasteiger partial charge in [0, 0.05) is 12.2 Å². The summed E-state index contributed by atoms with van der Waals surface area (Å²) < 4.78 is 139. The molecule has 0 heterocycles. The van der Waals surface area contributed by atoms with E-state index in [4.69, 9.17) is 0 Å². The minimum absolute atomic E-state index is 0.0575. The van der Waals surface area contributed by atoms with Crippen LogP contribution in [0.5, 0.6) is 0 Å². The number of para-hydroxylation sites is 1. The van der Waals surface area contributed by atoms with Gasteiger partial charge in [-0.3, -0.25) is 4.79 Å². The lowest BCUT2D eigenvalue weighted by atomic mass is 9.94. The number of rotatable bonds is 11. The standard InChI is InChI=1S/C20H23F10NO2Si/c1-4-34(2,3)12-8-11-31(14-9-6-5-7-10-14)16(32)18(24,20(28,29)30)15(19(25,26)27)33-17(22,23)13-21/h4-7,9-10,15H,1,8,11-13H2,2-3H3. The molecule has 0 aliphatic heterocycles. The van der Waals surface area contributed by atoms with Gasteiger partial charge in [0.25, 0.3) is 5.91 Å². The van der Waals surface area contributed by atoms with Gasteiger partial charge in [-0.1, -0.05) is 37.3 Å². The Morgan fingerprint density at radius 1 is 1.06 bits per heavy atom. The zero-order valence-electron chi connectivity index (χ0n) is 18.1. The SMILES string of the molecule is C=C[Si](C)(C)CCCN(C(=O)C(F)(C(OC(F)(F)CF)C(F)(F)F)C(F)(F)F)c1ccccc1. The molecule has 14 heteroatoms. The highest BCUT2D eigenvalue weighted by atomic mass is 28.3. The zero-order valence-corrected chi connectivity index (χ0v) is 19.1. The molecule has 0 aliphatic rings. The number of halogens is 10. The summed E-state index contributed by atoms with van der Waals surface area (Å²) >= 11 is 0. The average Bonchev–Trinajstić information content (AvgIpc) is 2.73. The molecule has 3 nitrogen and oxygen atoms in total. The van der Waals surface area contributed by atoms with E-state index in [1.54, 1.807) is 5.70 Å². The van der Waals surface area contributed by atoms with Crippen LogP contribution in [0.25, 0.3) is 0 Å². The van der Waals surface area contributed by atoms with Gasteiger partial charge in [-0.2, -0.15) is 35.1 Å². The minimum Gasteiger partial charge on any atom is -0.309 e. The molecule has 2 unspecified atom stereocenters. The lowest BCUT2D eigenvalue weighted by molar-refractivity contribution is -0.375. The van der Waals surface area contributed by atoms with Crippen molar-refractivity contribution in [3.63, 3.8) is 0 Å². The summed E-state index contributed by atoms with van der Waals surface area (Å²) in [6, 6.07) is 6.20. The lowest BCUT2D eigenvalue weighted by Gasteiger charge is -2.39. The monoisotopic (exact) mass is 527 g/mol. The van der Waals surface area contributed by atoms with Gasteiger partial charge in [0.1, 0.15) is 0 Å². The highest BCUT2D eigenvalue weighted by Gasteiger charge is 2.75. The molecule has 0 radical (unpaired) electrons. The van der Waals surface area contributed by atoms with Crippen molar-refractivity contribution in [3.05, 3.63) is 42.6 Å². The van der Waals surface area contributed by atoms with Crippen LogP contribution in [0.4, 0.5) is 49.6 Å². The van der Waals surface area contributed by atoms with Gasteiger partial charge in [0.05, 0.1) is 8.07 Å². The van der Waals surface area contributed by atoms with Crippen LogP contribution in [-0.4, -0.2) is 57.4 Å². The Balaban J connectivity index is 3.60. The van der Waals surface area contributed by atoms with Crippen molar-refractivity contribution in [2.24, 2.45) is 0 Å². The molecule has 0 saturated heterocycles. The predicted octanol–water partition coefficient (Wildman–Crippen LogP) is 6.62. The van der Waals surface area contributed by atoms with Crippen molar-refractivity contribution >= 4 is 19.7 Å². The number of alkyl halides is 10. The Kier molecular flexibility index (Phi) is 9.39. The number of carbonyl (C=O) groups is 1. The predicted molar refractivity (Wildman–Crippen MR) is 108 cm³/mol. The Morgan fingerprint density at radius 2 is 1.59 bits per heavy atom. The number of anilines is 1. The van der Waals surface area contributed by atoms with Crippen molar-refractivity contribution in [3.8, 4) is 0 Å². The number of hydrogen-bond acceptors (Lipinski definition) is 2. The molecule has 1 aromatic rings. The van der Waals surface area contributed by atoms with E-state index >= 15 is 4.39 Å². The fourth-order valence-electron chi connectivity index (χ4n) is 2.91. The number of carbonyl (C=O) groups excluding carboxylic acids is 1. The smallest absolute Gasteiger partial charge is 0.309 e. The van der Waals surface area contributed by atoms with E-state index in [1.807, 2.05) is 13.1 Å². The molecule has 0 aliphatic carbocycles. The molecule has 0 spiro atoms. The normalized spacial score (nSPS) is 16.0. The number of nitrogens with zero attached hydrogens (tertiary/aromatic N) is 1. The van der Waals surface area contributed by atoms with Gasteiger partial charge in [-0.25, -0.2) is 8.78 Å². The van der Waals surface area contributed by atoms with Crippen LogP contribution in [0, 0.1) is 0 Å². The minimum atomic E-state index is -6.65. The first-order valence-corrected chi connectivity index (χ1v) is 13.1. The fourth-order valence-corrected chi connectivity index (χ4v) is 4.18. The van der Waals surface area contributed by atoms with Crippen molar-refractivity contribution in [2.45, 2.75) is 55.8 Å². The van der Waals surface area contributed by atoms with Gasteiger partial charge in [-0.15, -0.1) is 12.3 Å². The first-order valence-electron chi connectivity index (χ1n) is 9.77. The van der Waals surface area contributed by atoms with Crippen LogP contribution in [0.1, 0.15) is 6.42 Å². The van der Waals surface area contributed by atoms with Crippen LogP contribution in [-0.2, 0) is 9.53 Å². The molecule has 0 N–H and O–H groups in total. The maximum atomic E-state index is 15.4. The van der Waals surface area contributed by atoms with Crippen LogP contribution in [0.15, 0.2) is 42.6 Å². The first kappa shape index (κ1) is 29.9. The molecule has 1 rings (SSSR count). The number of ether oxygens (including phenoxy) is 1. The van der Waals surface area contributed by atoms with E-state index in [0.29, 0.717) is 6.04 Å². The number of amides is 1. The van der Waals surface area contributed by atoms with Gasteiger partial charge >= 0.3 is 24.1 Å². The summed E-state index contributed by atoms with van der Waals surface area (Å²) in [6.07, 6.45) is -23.7. The lowest BCUT2D eigenvalue weighted by Crippen LogP contribution is -2.67. The Labute approximate surface area is 190 Å². The van der Waals surface area contributed by atoms with E-state index in [2.05, 4.69) is 11.3 Å². The molecular formula is C20H23F10NO2Si. The second-order valence-corrected chi connectivity index (χ2v) is 13.0. The molecule has 0 aromatic heterocycles. The van der Waals surface area contributed by atoms with Crippen molar-refractivity contribution in [1.82, 2.24) is 0 Å². The second kappa shape index (κ2) is 10.7. The molecule has 194 valence electrons. The van der Waals surface area contributed by atoms with Crippen molar-refractivity contribution in [2.75, 3.05) is 18.1 Å². The summed E-state index contributed by atoms with van der Waals surface area (Å²) in [5.41, 5.74) is -4.79. The highest BCUT2D eigenvalue weighted by Crippen LogP contribution is 2.47. The van der Waals surface area contributed by atoms with E-state index in [-0.39, 0.29) is 11.3 Å². The van der Waals surface area contributed by atoms with E-state index in [1.165, 1.54) is 18.2 Å². The third-order valence-electron chi connectivity index (χ3n) is 4.90. The van der Waals surface area contributed by atoms with Gasteiger partial charge in [0.15, 0.2) is 6.67 Å². The summed E-state index contributed by atoms with van der Waals surface area (Å²) in [5.74, 6) is -2.82. The molecule has 2 atom stereocenters. The first-order chi connectivity index (χ1) is 15.3. The van der Waals surface area contributed by atoms with E-state index in [9.17, 15) is 44.3 Å². The Morgan fingerprint density at radius 3 is 2.00 bits per heavy atom. The molecule has 1 aromatic carbocycles. The third-order valence-corrected chi connectivity index (χ3v) is 7.64. The van der Waals surface area contributed by atoms with E-state index in [0.717, 1.165) is 12.1 Å². The van der Waals surface area contributed by atoms with Crippen LogP contribution < -0.4 is 4.90 Å². The van der Waals surface area contributed by atoms with E-state index < -0.39 is 63.1 Å². The molecule has 0 saturated carbocycles. The quantitative estimate of drug-likeness (QED) is 0.239. The summed E-state index contributed by atoms with van der Waals surface area (Å²) in [5, 5.41) is 0. The molecule has 1 amide bonds. The second-order valence-electron chi connectivity index (χ2n) is 8.11. The maximum Gasteiger partial charge on any atom is 0.434 e. The van der Waals surface area contributed by atoms with Crippen LogP contribution in [0.3, 0.4) is 0 Å². The largest absolute Gasteiger partial charge is 0.434 e. The number of benzene rings is 1. The zero-order chi connectivity index (χ0) is 26.6. The van der Waals surface area contributed by atoms with Crippen molar-refractivity contribution in [1.29, 1.82) is 0 Å². The highest BCUT2D eigenvalue weighted by molar-refractivity contribution is 6.82. The topological polar surface area (TPSA) is 29.5 Å². The van der Waals surface area contributed by atoms with Gasteiger partial charge in [-0.05, 0) is 18.6 Å². The summed E-state index contributed by atoms with van der Waals surface area (Å²) in [6.45, 7) is 3.60. The van der Waals surface area contributed by atoms with Crippen LogP contribution in [0.2, 0.25) is 19.1 Å². The van der Waals surface area contributed by atoms with Gasteiger partial charge in [0.2, 0.25) is 6.10 Å². The maximum absolute atomic E-state index is 15.4. The Hall–Kier alpha value is -2.09. The van der Waals surface area contributed by atoms with Crippen molar-refractivity contribution < 1.29 is 53.4 Å². The average molecular weight is 527 g/mol. The van der Waals surface area contributed by atoms with Crippen LogP contribution >= 0.6 is 0 Å².